The van der Waals surface area contributed by atoms with Gasteiger partial charge in [-0.2, -0.15) is 0 Å². The maximum atomic E-state index is 13.4. The van der Waals surface area contributed by atoms with Crippen LogP contribution in [-0.2, 0) is 16.0 Å². The molecule has 2 aromatic carbocycles. The molecule has 1 fully saturated rings. The van der Waals surface area contributed by atoms with Gasteiger partial charge in [0.1, 0.15) is 0 Å². The summed E-state index contributed by atoms with van der Waals surface area (Å²) in [7, 11) is 0. The summed E-state index contributed by atoms with van der Waals surface area (Å²) in [5.41, 5.74) is 2.39. The monoisotopic (exact) mass is 372 g/mol. The second kappa shape index (κ2) is 7.86. The average molecular weight is 372 g/mol. The predicted molar refractivity (Wildman–Crippen MR) is 99.2 cm³/mol. The normalized spacial score (nSPS) is 17.9. The minimum absolute atomic E-state index is 0.0936. The Morgan fingerprint density at radius 2 is 2.00 bits per heavy atom. The summed E-state index contributed by atoms with van der Waals surface area (Å²) in [4.78, 5) is 26.6. The van der Waals surface area contributed by atoms with Crippen LogP contribution in [0.1, 0.15) is 37.4 Å². The average Bonchev–Trinajstić information content (AvgIpc) is 3.05. The molecule has 0 bridgehead atoms. The first-order valence-corrected chi connectivity index (χ1v) is 9.03. The van der Waals surface area contributed by atoms with Gasteiger partial charge in [-0.1, -0.05) is 25.1 Å². The molecule has 6 heteroatoms. The van der Waals surface area contributed by atoms with Gasteiger partial charge in [0, 0.05) is 18.7 Å². The molecule has 3 rings (SSSR count). The van der Waals surface area contributed by atoms with E-state index in [1.165, 1.54) is 6.07 Å². The highest BCUT2D eigenvalue weighted by molar-refractivity contribution is 6.00. The summed E-state index contributed by atoms with van der Waals surface area (Å²) < 4.78 is 26.5. The molecule has 2 aromatic rings. The van der Waals surface area contributed by atoms with Crippen molar-refractivity contribution < 1.29 is 18.4 Å². The van der Waals surface area contributed by atoms with Gasteiger partial charge in [-0.3, -0.25) is 9.59 Å². The van der Waals surface area contributed by atoms with E-state index in [9.17, 15) is 18.4 Å². The third-order valence-corrected chi connectivity index (χ3v) is 4.93. The quantitative estimate of drug-likeness (QED) is 0.869. The number of benzene rings is 2. The van der Waals surface area contributed by atoms with Crippen molar-refractivity contribution in [1.82, 2.24) is 5.32 Å². The third kappa shape index (κ3) is 4.15. The maximum absolute atomic E-state index is 13.4. The second-order valence-electron chi connectivity index (χ2n) is 6.83. The van der Waals surface area contributed by atoms with E-state index in [-0.39, 0.29) is 18.2 Å². The number of hydrogen-bond acceptors (Lipinski definition) is 2. The summed E-state index contributed by atoms with van der Waals surface area (Å²) in [5.74, 6) is -2.72. The van der Waals surface area contributed by atoms with Crippen LogP contribution in [0.5, 0.6) is 0 Å². The van der Waals surface area contributed by atoms with Crippen molar-refractivity contribution in [2.45, 2.75) is 32.7 Å². The lowest BCUT2D eigenvalue weighted by molar-refractivity contribution is -0.126. The summed E-state index contributed by atoms with van der Waals surface area (Å²) in [6.07, 6.45) is 0.998. The van der Waals surface area contributed by atoms with Gasteiger partial charge in [0.05, 0.1) is 12.0 Å². The molecule has 0 aliphatic carbocycles. The molecular formula is C21H22F2N2O2. The number of rotatable bonds is 5. The van der Waals surface area contributed by atoms with Crippen molar-refractivity contribution in [3.8, 4) is 0 Å². The lowest BCUT2D eigenvalue weighted by Gasteiger charge is -2.19. The highest BCUT2D eigenvalue weighted by atomic mass is 19.2. The maximum Gasteiger partial charge on any atom is 0.227 e. The molecule has 4 nitrogen and oxygen atoms in total. The van der Waals surface area contributed by atoms with E-state index in [4.69, 9.17) is 0 Å². The Balaban J connectivity index is 1.67. The molecule has 142 valence electrons. The van der Waals surface area contributed by atoms with Crippen LogP contribution in [0.25, 0.3) is 0 Å². The van der Waals surface area contributed by atoms with Gasteiger partial charge in [0.2, 0.25) is 11.8 Å². The second-order valence-corrected chi connectivity index (χ2v) is 6.83. The Hall–Kier alpha value is -2.76. The van der Waals surface area contributed by atoms with Gasteiger partial charge in [-0.05, 0) is 48.7 Å². The Bertz CT molecular complexity index is 869. The number of nitrogens with zero attached hydrogens (tertiary/aromatic N) is 1. The van der Waals surface area contributed by atoms with Crippen LogP contribution < -0.4 is 10.2 Å². The molecular weight excluding hydrogens is 350 g/mol. The zero-order valence-corrected chi connectivity index (χ0v) is 15.3. The molecule has 1 heterocycles. The van der Waals surface area contributed by atoms with Crippen LogP contribution in [0.2, 0.25) is 0 Å². The van der Waals surface area contributed by atoms with Crippen molar-refractivity contribution in [2.24, 2.45) is 5.92 Å². The molecule has 0 unspecified atom stereocenters. The largest absolute Gasteiger partial charge is 0.349 e. The molecule has 2 atom stereocenters. The van der Waals surface area contributed by atoms with Crippen LogP contribution in [0, 0.1) is 17.6 Å². The van der Waals surface area contributed by atoms with Crippen molar-refractivity contribution in [2.75, 3.05) is 11.4 Å². The number of hydrogen-bond donors (Lipinski definition) is 1. The van der Waals surface area contributed by atoms with E-state index in [1.54, 1.807) is 11.8 Å². The minimum Gasteiger partial charge on any atom is -0.349 e. The SMILES string of the molecule is CCc1cccc(N2C[C@H](C(=O)N[C@@H](C)c3ccc(F)c(F)c3)CC2=O)c1. The zero-order chi connectivity index (χ0) is 19.6. The van der Waals surface area contributed by atoms with Gasteiger partial charge < -0.3 is 10.2 Å². The van der Waals surface area contributed by atoms with Crippen LogP contribution in [0.15, 0.2) is 42.5 Å². The number of carbonyl (C=O) groups is 2. The zero-order valence-electron chi connectivity index (χ0n) is 15.3. The van der Waals surface area contributed by atoms with E-state index < -0.39 is 23.6 Å². The molecule has 0 spiro atoms. The number of carbonyl (C=O) groups excluding carboxylic acids is 2. The lowest BCUT2D eigenvalue weighted by atomic mass is 10.0. The fraction of sp³-hybridized carbons (Fsp3) is 0.333. The summed E-state index contributed by atoms with van der Waals surface area (Å²) in [6, 6.07) is 10.8. The number of nitrogens with one attached hydrogen (secondary N) is 1. The third-order valence-electron chi connectivity index (χ3n) is 4.93. The minimum atomic E-state index is -0.952. The van der Waals surface area contributed by atoms with Crippen LogP contribution >= 0.6 is 0 Å². The first-order chi connectivity index (χ1) is 12.9. The molecule has 0 saturated carbocycles. The van der Waals surface area contributed by atoms with Crippen molar-refractivity contribution >= 4 is 17.5 Å². The molecule has 27 heavy (non-hydrogen) atoms. The van der Waals surface area contributed by atoms with Crippen molar-refractivity contribution in [3.05, 3.63) is 65.2 Å². The Kier molecular flexibility index (Phi) is 5.54. The van der Waals surface area contributed by atoms with Gasteiger partial charge in [0.15, 0.2) is 11.6 Å². The van der Waals surface area contributed by atoms with Crippen LogP contribution in [0.3, 0.4) is 0 Å². The van der Waals surface area contributed by atoms with Gasteiger partial charge in [0.25, 0.3) is 0 Å². The first kappa shape index (κ1) is 19.0. The smallest absolute Gasteiger partial charge is 0.227 e. The number of aryl methyl sites for hydroxylation is 1. The van der Waals surface area contributed by atoms with E-state index in [1.807, 2.05) is 31.2 Å². The summed E-state index contributed by atoms with van der Waals surface area (Å²) in [5, 5.41) is 2.79. The number of halogens is 2. The molecule has 2 amide bonds. The fourth-order valence-electron chi connectivity index (χ4n) is 3.27. The number of amides is 2. The summed E-state index contributed by atoms with van der Waals surface area (Å²) in [6.45, 7) is 4.05. The van der Waals surface area contributed by atoms with E-state index in [0.29, 0.717) is 12.1 Å². The van der Waals surface area contributed by atoms with Crippen LogP contribution in [0.4, 0.5) is 14.5 Å². The standard InChI is InChI=1S/C21H22F2N2O2/c1-3-14-5-4-6-17(9-14)25-12-16(11-20(25)26)21(27)24-13(2)15-7-8-18(22)19(23)10-15/h4-10,13,16H,3,11-12H2,1-2H3,(H,24,27)/t13-,16+/m0/s1. The molecule has 0 radical (unpaired) electrons. The lowest BCUT2D eigenvalue weighted by Crippen LogP contribution is -2.34. The molecule has 1 aliphatic rings. The Labute approximate surface area is 157 Å². The van der Waals surface area contributed by atoms with E-state index in [2.05, 4.69) is 5.32 Å². The van der Waals surface area contributed by atoms with E-state index in [0.717, 1.165) is 29.8 Å². The van der Waals surface area contributed by atoms with Crippen LogP contribution in [-0.4, -0.2) is 18.4 Å². The number of anilines is 1. The fourth-order valence-corrected chi connectivity index (χ4v) is 3.27. The van der Waals surface area contributed by atoms with Crippen molar-refractivity contribution in [1.29, 1.82) is 0 Å². The molecule has 1 N–H and O–H groups in total. The predicted octanol–water partition coefficient (Wildman–Crippen LogP) is 3.76. The van der Waals surface area contributed by atoms with Crippen molar-refractivity contribution in [3.63, 3.8) is 0 Å². The van der Waals surface area contributed by atoms with E-state index >= 15 is 0 Å². The first-order valence-electron chi connectivity index (χ1n) is 9.03. The highest BCUT2D eigenvalue weighted by Gasteiger charge is 2.35. The topological polar surface area (TPSA) is 49.4 Å². The van der Waals surface area contributed by atoms with Gasteiger partial charge in [-0.15, -0.1) is 0 Å². The Morgan fingerprint density at radius 3 is 2.70 bits per heavy atom. The Morgan fingerprint density at radius 1 is 1.22 bits per heavy atom. The highest BCUT2D eigenvalue weighted by Crippen LogP contribution is 2.27. The molecule has 1 saturated heterocycles. The molecule has 1 aliphatic heterocycles. The van der Waals surface area contributed by atoms with Gasteiger partial charge in [-0.25, -0.2) is 8.78 Å². The summed E-state index contributed by atoms with van der Waals surface area (Å²) >= 11 is 0. The molecule has 0 aromatic heterocycles. The van der Waals surface area contributed by atoms with Gasteiger partial charge >= 0.3 is 0 Å².